The van der Waals surface area contributed by atoms with Crippen molar-refractivity contribution in [1.82, 2.24) is 9.71 Å². The molecule has 8 heteroatoms. The molecule has 6 nitrogen and oxygen atoms in total. The average molecular weight is 378 g/mol. The van der Waals surface area contributed by atoms with E-state index in [1.54, 1.807) is 12.3 Å². The highest BCUT2D eigenvalue weighted by Crippen LogP contribution is 2.23. The zero-order valence-electron chi connectivity index (χ0n) is 11.9. The van der Waals surface area contributed by atoms with Crippen LogP contribution in [0.2, 0.25) is 0 Å². The van der Waals surface area contributed by atoms with Gasteiger partial charge in [-0.2, -0.15) is 0 Å². The van der Waals surface area contributed by atoms with Gasteiger partial charge in [0.25, 0.3) is 0 Å². The van der Waals surface area contributed by atoms with Crippen molar-refractivity contribution in [2.75, 3.05) is 25.0 Å². The lowest BCUT2D eigenvalue weighted by atomic mass is 10.1. The number of aromatic nitrogens is 1. The molecule has 1 atom stereocenters. The first-order valence-electron chi connectivity index (χ1n) is 7.03. The molecule has 1 unspecified atom stereocenters. The summed E-state index contributed by atoms with van der Waals surface area (Å²) in [6, 6.07) is 1.55. The minimum absolute atomic E-state index is 0.0452. The molecule has 0 spiro atoms. The molecule has 2 heterocycles. The van der Waals surface area contributed by atoms with Crippen LogP contribution in [0.25, 0.3) is 0 Å². The minimum Gasteiger partial charge on any atom is -0.377 e. The first-order chi connectivity index (χ1) is 10.0. The Kier molecular flexibility index (Phi) is 5.98. The Morgan fingerprint density at radius 2 is 2.29 bits per heavy atom. The van der Waals surface area contributed by atoms with E-state index >= 15 is 0 Å². The van der Waals surface area contributed by atoms with Crippen molar-refractivity contribution in [2.45, 2.75) is 37.2 Å². The molecular formula is C13H20BrN3O3S. The highest BCUT2D eigenvalue weighted by atomic mass is 79.9. The Hall–Kier alpha value is -0.700. The lowest BCUT2D eigenvalue weighted by molar-refractivity contribution is 0.0200. The summed E-state index contributed by atoms with van der Waals surface area (Å²) in [7, 11) is -3.62. The van der Waals surface area contributed by atoms with Gasteiger partial charge in [-0.15, -0.1) is 0 Å². The Bertz CT molecular complexity index is 574. The van der Waals surface area contributed by atoms with Gasteiger partial charge in [-0.3, -0.25) is 0 Å². The molecule has 2 N–H and O–H groups in total. The molecule has 118 valence electrons. The summed E-state index contributed by atoms with van der Waals surface area (Å²) >= 11 is 3.26. The summed E-state index contributed by atoms with van der Waals surface area (Å²) in [5, 5.41) is 2.97. The average Bonchev–Trinajstić information content (AvgIpc) is 2.48. The van der Waals surface area contributed by atoms with Gasteiger partial charge in [0.05, 0.1) is 6.10 Å². The number of ether oxygens (including phenoxy) is 1. The van der Waals surface area contributed by atoms with Crippen LogP contribution in [0, 0.1) is 0 Å². The van der Waals surface area contributed by atoms with Gasteiger partial charge in [-0.25, -0.2) is 18.1 Å². The molecule has 1 aromatic heterocycles. The molecule has 1 aliphatic heterocycles. The molecule has 21 heavy (non-hydrogen) atoms. The fourth-order valence-corrected chi connectivity index (χ4v) is 3.88. The maximum Gasteiger partial charge on any atom is 0.244 e. The smallest absolute Gasteiger partial charge is 0.244 e. The van der Waals surface area contributed by atoms with Crippen LogP contribution in [0.4, 0.5) is 5.82 Å². The van der Waals surface area contributed by atoms with E-state index in [9.17, 15) is 8.42 Å². The number of rotatable bonds is 6. The van der Waals surface area contributed by atoms with Gasteiger partial charge >= 0.3 is 0 Å². The Morgan fingerprint density at radius 1 is 1.48 bits per heavy atom. The molecule has 0 aliphatic carbocycles. The fourth-order valence-electron chi connectivity index (χ4n) is 2.17. The van der Waals surface area contributed by atoms with Gasteiger partial charge in [-0.05, 0) is 48.2 Å². The summed E-state index contributed by atoms with van der Waals surface area (Å²) in [5.41, 5.74) is 0. The van der Waals surface area contributed by atoms with E-state index in [-0.39, 0.29) is 11.0 Å². The van der Waals surface area contributed by atoms with Crippen molar-refractivity contribution < 1.29 is 13.2 Å². The second-order valence-corrected chi connectivity index (χ2v) is 7.52. The van der Waals surface area contributed by atoms with Crippen LogP contribution in [0.5, 0.6) is 0 Å². The van der Waals surface area contributed by atoms with Gasteiger partial charge in [0.1, 0.15) is 10.7 Å². The van der Waals surface area contributed by atoms with Gasteiger partial charge in [-0.1, -0.05) is 0 Å². The SMILES string of the molecule is CCNc1ncc(Br)cc1S(=O)(=O)NCC1CCCCO1. The lowest BCUT2D eigenvalue weighted by Crippen LogP contribution is -2.35. The molecule has 1 fully saturated rings. The van der Waals surface area contributed by atoms with Crippen LogP contribution >= 0.6 is 15.9 Å². The monoisotopic (exact) mass is 377 g/mol. The molecule has 0 amide bonds. The number of nitrogens with one attached hydrogen (secondary N) is 2. The van der Waals surface area contributed by atoms with E-state index in [0.29, 0.717) is 30.0 Å². The number of sulfonamides is 1. The molecule has 0 aromatic carbocycles. The third kappa shape index (κ3) is 4.64. The van der Waals surface area contributed by atoms with Crippen molar-refractivity contribution in [3.05, 3.63) is 16.7 Å². The van der Waals surface area contributed by atoms with E-state index < -0.39 is 10.0 Å². The van der Waals surface area contributed by atoms with Crippen LogP contribution < -0.4 is 10.0 Å². The summed E-state index contributed by atoms with van der Waals surface area (Å²) in [6.07, 6.45) is 4.54. The first-order valence-corrected chi connectivity index (χ1v) is 9.31. The number of hydrogen-bond donors (Lipinski definition) is 2. The summed E-state index contributed by atoms with van der Waals surface area (Å²) in [6.45, 7) is 3.49. The Morgan fingerprint density at radius 3 is 2.95 bits per heavy atom. The molecule has 0 bridgehead atoms. The summed E-state index contributed by atoms with van der Waals surface area (Å²) < 4.78 is 33.7. The predicted molar refractivity (Wildman–Crippen MR) is 84.9 cm³/mol. The normalized spacial score (nSPS) is 19.4. The number of anilines is 1. The van der Waals surface area contributed by atoms with Gasteiger partial charge in [0, 0.05) is 30.4 Å². The second-order valence-electron chi connectivity index (χ2n) is 4.87. The fraction of sp³-hybridized carbons (Fsp3) is 0.615. The van der Waals surface area contributed by atoms with Crippen LogP contribution in [-0.4, -0.2) is 39.2 Å². The van der Waals surface area contributed by atoms with Crippen molar-refractivity contribution in [3.8, 4) is 0 Å². The lowest BCUT2D eigenvalue weighted by Gasteiger charge is -2.23. The topological polar surface area (TPSA) is 80.3 Å². The molecule has 1 aliphatic rings. The van der Waals surface area contributed by atoms with Crippen LogP contribution in [-0.2, 0) is 14.8 Å². The van der Waals surface area contributed by atoms with Crippen LogP contribution in [0.3, 0.4) is 0 Å². The second kappa shape index (κ2) is 7.53. The third-order valence-corrected chi connectivity index (χ3v) is 5.10. The van der Waals surface area contributed by atoms with Gasteiger partial charge < -0.3 is 10.1 Å². The van der Waals surface area contributed by atoms with Crippen molar-refractivity contribution in [1.29, 1.82) is 0 Å². The van der Waals surface area contributed by atoms with Crippen molar-refractivity contribution in [2.24, 2.45) is 0 Å². The third-order valence-electron chi connectivity index (χ3n) is 3.23. The molecule has 0 saturated carbocycles. The quantitative estimate of drug-likeness (QED) is 0.793. The Labute approximate surface area is 133 Å². The van der Waals surface area contributed by atoms with Gasteiger partial charge in [0.15, 0.2) is 0 Å². The minimum atomic E-state index is -3.62. The highest BCUT2D eigenvalue weighted by Gasteiger charge is 2.22. The highest BCUT2D eigenvalue weighted by molar-refractivity contribution is 9.10. The van der Waals surface area contributed by atoms with Crippen LogP contribution in [0.1, 0.15) is 26.2 Å². The Balaban J connectivity index is 2.12. The van der Waals surface area contributed by atoms with Crippen molar-refractivity contribution in [3.63, 3.8) is 0 Å². The standard InChI is InChI=1S/C13H20BrN3O3S/c1-2-15-13-12(7-10(14)8-16-13)21(18,19)17-9-11-5-3-4-6-20-11/h7-8,11,17H,2-6,9H2,1H3,(H,15,16). The van der Waals surface area contributed by atoms with Crippen LogP contribution in [0.15, 0.2) is 21.6 Å². The molecule has 1 aromatic rings. The predicted octanol–water partition coefficient (Wildman–Crippen LogP) is 2.12. The number of halogens is 1. The van der Waals surface area contributed by atoms with Crippen molar-refractivity contribution >= 4 is 31.8 Å². The van der Waals surface area contributed by atoms with E-state index in [4.69, 9.17) is 4.74 Å². The molecular weight excluding hydrogens is 358 g/mol. The maximum absolute atomic E-state index is 12.5. The molecule has 0 radical (unpaired) electrons. The molecule has 2 rings (SSSR count). The largest absolute Gasteiger partial charge is 0.377 e. The first kappa shape index (κ1) is 16.7. The number of pyridine rings is 1. The zero-order valence-corrected chi connectivity index (χ0v) is 14.3. The van der Waals surface area contributed by atoms with E-state index in [1.807, 2.05) is 6.92 Å². The summed E-state index contributed by atoms with van der Waals surface area (Å²) in [4.78, 5) is 4.27. The van der Waals surface area contributed by atoms with Gasteiger partial charge in [0.2, 0.25) is 10.0 Å². The summed E-state index contributed by atoms with van der Waals surface area (Å²) in [5.74, 6) is 0.359. The molecule has 1 saturated heterocycles. The van der Waals surface area contributed by atoms with E-state index in [1.165, 1.54) is 0 Å². The number of nitrogens with zero attached hydrogens (tertiary/aromatic N) is 1. The van der Waals surface area contributed by atoms with E-state index in [0.717, 1.165) is 19.3 Å². The van der Waals surface area contributed by atoms with E-state index in [2.05, 4.69) is 31.0 Å². The number of hydrogen-bond acceptors (Lipinski definition) is 5. The zero-order chi connectivity index (χ0) is 15.3. The maximum atomic E-state index is 12.5.